The molecular formula is C11H18N2. The third kappa shape index (κ3) is 3.47. The van der Waals surface area contributed by atoms with Gasteiger partial charge in [-0.2, -0.15) is 0 Å². The minimum Gasteiger partial charge on any atom is -0.399 e. The minimum atomic E-state index is 0.571. The van der Waals surface area contributed by atoms with Crippen molar-refractivity contribution in [1.82, 2.24) is 5.32 Å². The Morgan fingerprint density at radius 2 is 2.23 bits per heavy atom. The van der Waals surface area contributed by atoms with Gasteiger partial charge in [0.05, 0.1) is 0 Å². The molecule has 0 saturated heterocycles. The quantitative estimate of drug-likeness (QED) is 0.690. The molecule has 72 valence electrons. The molecule has 1 aromatic carbocycles. The lowest BCUT2D eigenvalue weighted by Gasteiger charge is -2.09. The zero-order valence-electron chi connectivity index (χ0n) is 8.38. The molecule has 1 unspecified atom stereocenters. The Morgan fingerprint density at radius 3 is 2.85 bits per heavy atom. The number of nitrogens with two attached hydrogens (primary N) is 1. The van der Waals surface area contributed by atoms with Crippen LogP contribution in [0.25, 0.3) is 0 Å². The van der Waals surface area contributed by atoms with Gasteiger partial charge in [-0.1, -0.05) is 12.1 Å². The van der Waals surface area contributed by atoms with Crippen LogP contribution in [0.4, 0.5) is 5.69 Å². The Kier molecular flexibility index (Phi) is 3.77. The largest absolute Gasteiger partial charge is 0.399 e. The van der Waals surface area contributed by atoms with E-state index in [0.717, 1.165) is 18.5 Å². The van der Waals surface area contributed by atoms with Crippen molar-refractivity contribution in [2.45, 2.75) is 25.8 Å². The van der Waals surface area contributed by atoms with Crippen molar-refractivity contribution >= 4 is 5.69 Å². The van der Waals surface area contributed by atoms with Gasteiger partial charge in [-0.05, 0) is 44.5 Å². The van der Waals surface area contributed by atoms with Crippen LogP contribution in [0, 0.1) is 0 Å². The summed E-state index contributed by atoms with van der Waals surface area (Å²) < 4.78 is 0. The summed E-state index contributed by atoms with van der Waals surface area (Å²) in [5.74, 6) is 0. The van der Waals surface area contributed by atoms with E-state index in [2.05, 4.69) is 18.3 Å². The smallest absolute Gasteiger partial charge is 0.0316 e. The third-order valence-corrected chi connectivity index (χ3v) is 2.31. The highest BCUT2D eigenvalue weighted by Crippen LogP contribution is 2.09. The summed E-state index contributed by atoms with van der Waals surface area (Å²) in [6.07, 6.45) is 2.24. The van der Waals surface area contributed by atoms with Crippen LogP contribution in [-0.2, 0) is 6.42 Å². The van der Waals surface area contributed by atoms with Crippen LogP contribution in [0.5, 0.6) is 0 Å². The van der Waals surface area contributed by atoms with Gasteiger partial charge in [0.25, 0.3) is 0 Å². The van der Waals surface area contributed by atoms with Gasteiger partial charge in [0.15, 0.2) is 0 Å². The van der Waals surface area contributed by atoms with Gasteiger partial charge in [0, 0.05) is 11.7 Å². The van der Waals surface area contributed by atoms with Crippen LogP contribution in [0.2, 0.25) is 0 Å². The Hall–Kier alpha value is -1.02. The standard InChI is InChI=1S/C11H18N2/c1-9(13-2)6-7-10-4-3-5-11(12)8-10/h3-5,8-9,13H,6-7,12H2,1-2H3. The molecular weight excluding hydrogens is 160 g/mol. The average molecular weight is 178 g/mol. The fourth-order valence-corrected chi connectivity index (χ4v) is 1.28. The van der Waals surface area contributed by atoms with Crippen molar-refractivity contribution in [3.05, 3.63) is 29.8 Å². The maximum absolute atomic E-state index is 5.68. The molecule has 0 amide bonds. The number of aryl methyl sites for hydroxylation is 1. The van der Waals surface area contributed by atoms with Crippen LogP contribution < -0.4 is 11.1 Å². The summed E-state index contributed by atoms with van der Waals surface area (Å²) in [4.78, 5) is 0. The second-order valence-electron chi connectivity index (χ2n) is 3.47. The summed E-state index contributed by atoms with van der Waals surface area (Å²) in [5.41, 5.74) is 7.86. The summed E-state index contributed by atoms with van der Waals surface area (Å²) in [6.45, 7) is 2.19. The fourth-order valence-electron chi connectivity index (χ4n) is 1.28. The maximum atomic E-state index is 5.68. The van der Waals surface area contributed by atoms with Crippen molar-refractivity contribution in [3.8, 4) is 0 Å². The average Bonchev–Trinajstić information content (AvgIpc) is 2.14. The SMILES string of the molecule is CNC(C)CCc1cccc(N)c1. The summed E-state index contributed by atoms with van der Waals surface area (Å²) >= 11 is 0. The molecule has 0 heterocycles. The first kappa shape index (κ1) is 10.1. The van der Waals surface area contributed by atoms with E-state index in [1.54, 1.807) is 0 Å². The molecule has 0 saturated carbocycles. The normalized spacial score (nSPS) is 12.8. The highest BCUT2D eigenvalue weighted by Gasteiger charge is 1.99. The lowest BCUT2D eigenvalue weighted by Crippen LogP contribution is -2.21. The topological polar surface area (TPSA) is 38.0 Å². The molecule has 0 bridgehead atoms. The number of nitrogen functional groups attached to an aromatic ring is 1. The van der Waals surface area contributed by atoms with E-state index in [1.165, 1.54) is 5.56 Å². The van der Waals surface area contributed by atoms with Gasteiger partial charge in [-0.15, -0.1) is 0 Å². The van der Waals surface area contributed by atoms with E-state index in [4.69, 9.17) is 5.73 Å². The van der Waals surface area contributed by atoms with Gasteiger partial charge >= 0.3 is 0 Å². The molecule has 1 aromatic rings. The second-order valence-corrected chi connectivity index (χ2v) is 3.47. The Balaban J connectivity index is 2.45. The van der Waals surface area contributed by atoms with Crippen LogP contribution in [-0.4, -0.2) is 13.1 Å². The molecule has 0 aliphatic rings. The van der Waals surface area contributed by atoms with Crippen molar-refractivity contribution in [2.24, 2.45) is 0 Å². The monoisotopic (exact) mass is 178 g/mol. The molecule has 0 radical (unpaired) electrons. The molecule has 0 aromatic heterocycles. The molecule has 3 N–H and O–H groups in total. The number of anilines is 1. The Labute approximate surface area is 80.1 Å². The zero-order chi connectivity index (χ0) is 9.68. The van der Waals surface area contributed by atoms with Gasteiger partial charge in [0.2, 0.25) is 0 Å². The van der Waals surface area contributed by atoms with E-state index in [-0.39, 0.29) is 0 Å². The molecule has 1 atom stereocenters. The molecule has 0 aliphatic heterocycles. The molecule has 0 fully saturated rings. The first-order chi connectivity index (χ1) is 6.22. The Morgan fingerprint density at radius 1 is 1.46 bits per heavy atom. The van der Waals surface area contributed by atoms with Crippen molar-refractivity contribution in [1.29, 1.82) is 0 Å². The fraction of sp³-hybridized carbons (Fsp3) is 0.455. The van der Waals surface area contributed by atoms with E-state index >= 15 is 0 Å². The molecule has 1 rings (SSSR count). The minimum absolute atomic E-state index is 0.571. The van der Waals surface area contributed by atoms with Gasteiger partial charge in [-0.3, -0.25) is 0 Å². The van der Waals surface area contributed by atoms with Gasteiger partial charge in [-0.25, -0.2) is 0 Å². The van der Waals surface area contributed by atoms with Crippen LogP contribution in [0.3, 0.4) is 0 Å². The second kappa shape index (κ2) is 4.87. The molecule has 0 spiro atoms. The Bertz CT molecular complexity index is 258. The molecule has 0 aliphatic carbocycles. The van der Waals surface area contributed by atoms with E-state index < -0.39 is 0 Å². The lowest BCUT2D eigenvalue weighted by molar-refractivity contribution is 0.565. The van der Waals surface area contributed by atoms with E-state index in [0.29, 0.717) is 6.04 Å². The molecule has 2 heteroatoms. The maximum Gasteiger partial charge on any atom is 0.0316 e. The summed E-state index contributed by atoms with van der Waals surface area (Å²) in [7, 11) is 1.99. The third-order valence-electron chi connectivity index (χ3n) is 2.31. The predicted octanol–water partition coefficient (Wildman–Crippen LogP) is 1.81. The number of benzene rings is 1. The first-order valence-corrected chi connectivity index (χ1v) is 4.74. The molecule has 13 heavy (non-hydrogen) atoms. The number of hydrogen-bond donors (Lipinski definition) is 2. The van der Waals surface area contributed by atoms with Crippen molar-refractivity contribution in [3.63, 3.8) is 0 Å². The highest BCUT2D eigenvalue weighted by molar-refractivity contribution is 5.40. The summed E-state index contributed by atoms with van der Waals surface area (Å²) in [5, 5.41) is 3.22. The van der Waals surface area contributed by atoms with Crippen LogP contribution >= 0.6 is 0 Å². The zero-order valence-corrected chi connectivity index (χ0v) is 8.38. The van der Waals surface area contributed by atoms with Gasteiger partial charge in [0.1, 0.15) is 0 Å². The van der Waals surface area contributed by atoms with E-state index in [1.807, 2.05) is 25.2 Å². The molecule has 2 nitrogen and oxygen atoms in total. The first-order valence-electron chi connectivity index (χ1n) is 4.74. The predicted molar refractivity (Wildman–Crippen MR) is 57.7 cm³/mol. The van der Waals surface area contributed by atoms with Crippen molar-refractivity contribution < 1.29 is 0 Å². The summed E-state index contributed by atoms with van der Waals surface area (Å²) in [6, 6.07) is 8.67. The number of rotatable bonds is 4. The van der Waals surface area contributed by atoms with Crippen molar-refractivity contribution in [2.75, 3.05) is 12.8 Å². The number of hydrogen-bond acceptors (Lipinski definition) is 2. The van der Waals surface area contributed by atoms with Crippen LogP contribution in [0.15, 0.2) is 24.3 Å². The lowest BCUT2D eigenvalue weighted by atomic mass is 10.1. The highest BCUT2D eigenvalue weighted by atomic mass is 14.8. The van der Waals surface area contributed by atoms with Gasteiger partial charge < -0.3 is 11.1 Å². The van der Waals surface area contributed by atoms with E-state index in [9.17, 15) is 0 Å². The van der Waals surface area contributed by atoms with Crippen LogP contribution in [0.1, 0.15) is 18.9 Å². The number of nitrogens with one attached hydrogen (secondary N) is 1.